The van der Waals surface area contributed by atoms with E-state index < -0.39 is 0 Å². The lowest BCUT2D eigenvalue weighted by atomic mass is 9.99. The van der Waals surface area contributed by atoms with Gasteiger partial charge in [-0.15, -0.1) is 0 Å². The zero-order valence-electron chi connectivity index (χ0n) is 15.1. The molecular weight excluding hydrogens is 336 g/mol. The van der Waals surface area contributed by atoms with Crippen molar-refractivity contribution in [2.24, 2.45) is 13.0 Å². The van der Waals surface area contributed by atoms with Gasteiger partial charge in [0.15, 0.2) is 10.9 Å². The normalized spacial score (nSPS) is 16.3. The SMILES string of the molecule is CSc1ncc(CNC(=O)c2ccc(CN3CCC(C)CC3)o2)n1C. The van der Waals surface area contributed by atoms with Gasteiger partial charge in [0.2, 0.25) is 0 Å². The van der Waals surface area contributed by atoms with Crippen LogP contribution < -0.4 is 5.32 Å². The molecule has 1 aliphatic heterocycles. The molecule has 3 rings (SSSR count). The van der Waals surface area contributed by atoms with E-state index in [2.05, 4.69) is 22.1 Å². The van der Waals surface area contributed by atoms with Gasteiger partial charge in [0.1, 0.15) is 5.76 Å². The number of nitrogens with zero attached hydrogens (tertiary/aromatic N) is 3. The smallest absolute Gasteiger partial charge is 0.287 e. The van der Waals surface area contributed by atoms with Gasteiger partial charge in [0.05, 0.1) is 25.0 Å². The number of hydrogen-bond acceptors (Lipinski definition) is 5. The summed E-state index contributed by atoms with van der Waals surface area (Å²) in [5.41, 5.74) is 0.965. The average molecular weight is 362 g/mol. The second-order valence-corrected chi connectivity index (χ2v) is 7.48. The molecule has 0 bridgehead atoms. The Labute approximate surface area is 153 Å². The van der Waals surface area contributed by atoms with E-state index in [0.717, 1.165) is 42.2 Å². The lowest BCUT2D eigenvalue weighted by molar-refractivity contribution is 0.0917. The van der Waals surface area contributed by atoms with Crippen molar-refractivity contribution < 1.29 is 9.21 Å². The standard InChI is InChI=1S/C18H26N4O2S/c1-13-6-8-22(9-7-13)12-15-4-5-16(24-15)17(23)19-10-14-11-20-18(25-3)21(14)2/h4-5,11,13H,6-10,12H2,1-3H3,(H,19,23). The summed E-state index contributed by atoms with van der Waals surface area (Å²) < 4.78 is 7.72. The van der Waals surface area contributed by atoms with E-state index >= 15 is 0 Å². The predicted molar refractivity (Wildman–Crippen MR) is 98.5 cm³/mol. The molecule has 3 heterocycles. The minimum atomic E-state index is -0.189. The Bertz CT molecular complexity index is 716. The molecule has 25 heavy (non-hydrogen) atoms. The number of imidazole rings is 1. The van der Waals surface area contributed by atoms with Crippen LogP contribution in [0, 0.1) is 5.92 Å². The first-order chi connectivity index (χ1) is 12.1. The molecule has 136 valence electrons. The molecule has 0 saturated carbocycles. The van der Waals surface area contributed by atoms with Crippen molar-refractivity contribution in [3.63, 3.8) is 0 Å². The van der Waals surface area contributed by atoms with E-state index in [1.54, 1.807) is 24.0 Å². The molecule has 1 aliphatic rings. The third kappa shape index (κ3) is 4.46. The summed E-state index contributed by atoms with van der Waals surface area (Å²) in [5.74, 6) is 1.84. The molecule has 0 aliphatic carbocycles. The molecule has 0 unspecified atom stereocenters. The molecule has 0 spiro atoms. The molecule has 0 aromatic carbocycles. The summed E-state index contributed by atoms with van der Waals surface area (Å²) in [4.78, 5) is 19.0. The van der Waals surface area contributed by atoms with Crippen LogP contribution in [0.4, 0.5) is 0 Å². The zero-order valence-corrected chi connectivity index (χ0v) is 15.9. The van der Waals surface area contributed by atoms with Crippen LogP contribution in [0.25, 0.3) is 0 Å². The van der Waals surface area contributed by atoms with E-state index in [-0.39, 0.29) is 5.91 Å². The van der Waals surface area contributed by atoms with Crippen LogP contribution in [0.2, 0.25) is 0 Å². The average Bonchev–Trinajstić information content (AvgIpc) is 3.21. The van der Waals surface area contributed by atoms with Crippen LogP contribution in [-0.2, 0) is 20.1 Å². The lowest BCUT2D eigenvalue weighted by Gasteiger charge is -2.29. The number of rotatable bonds is 6. The first-order valence-corrected chi connectivity index (χ1v) is 9.93. The Morgan fingerprint density at radius 3 is 2.84 bits per heavy atom. The molecule has 1 fully saturated rings. The van der Waals surface area contributed by atoms with Crippen molar-refractivity contribution in [2.75, 3.05) is 19.3 Å². The van der Waals surface area contributed by atoms with Gasteiger partial charge in [-0.1, -0.05) is 18.7 Å². The Morgan fingerprint density at radius 2 is 2.16 bits per heavy atom. The summed E-state index contributed by atoms with van der Waals surface area (Å²) in [6.07, 6.45) is 6.24. The fourth-order valence-electron chi connectivity index (χ4n) is 3.06. The van der Waals surface area contributed by atoms with Crippen LogP contribution in [0.15, 0.2) is 27.9 Å². The molecule has 2 aromatic heterocycles. The molecule has 2 aromatic rings. The van der Waals surface area contributed by atoms with Crippen LogP contribution >= 0.6 is 11.8 Å². The third-order valence-corrected chi connectivity index (χ3v) is 5.54. The van der Waals surface area contributed by atoms with Gasteiger partial charge in [0.25, 0.3) is 5.91 Å². The van der Waals surface area contributed by atoms with Crippen LogP contribution in [0.5, 0.6) is 0 Å². The zero-order chi connectivity index (χ0) is 17.8. The maximum Gasteiger partial charge on any atom is 0.287 e. The highest BCUT2D eigenvalue weighted by atomic mass is 32.2. The number of likely N-dealkylation sites (tertiary alicyclic amines) is 1. The highest BCUT2D eigenvalue weighted by molar-refractivity contribution is 7.98. The number of thioether (sulfide) groups is 1. The molecule has 1 saturated heterocycles. The van der Waals surface area contributed by atoms with E-state index in [0.29, 0.717) is 12.3 Å². The van der Waals surface area contributed by atoms with Gasteiger partial charge in [0, 0.05) is 7.05 Å². The molecular formula is C18H26N4O2S. The number of carbonyl (C=O) groups excluding carboxylic acids is 1. The van der Waals surface area contributed by atoms with Crippen molar-refractivity contribution in [1.29, 1.82) is 0 Å². The monoisotopic (exact) mass is 362 g/mol. The number of amides is 1. The van der Waals surface area contributed by atoms with Crippen molar-refractivity contribution in [3.8, 4) is 0 Å². The van der Waals surface area contributed by atoms with Crippen molar-refractivity contribution >= 4 is 17.7 Å². The molecule has 0 radical (unpaired) electrons. The third-order valence-electron chi connectivity index (χ3n) is 4.80. The van der Waals surface area contributed by atoms with Crippen LogP contribution in [0.1, 0.15) is 41.8 Å². The topological polar surface area (TPSA) is 63.3 Å². The minimum Gasteiger partial charge on any atom is -0.455 e. The van der Waals surface area contributed by atoms with E-state index in [1.807, 2.05) is 23.9 Å². The molecule has 1 N–H and O–H groups in total. The number of nitrogens with one attached hydrogen (secondary N) is 1. The fraction of sp³-hybridized carbons (Fsp3) is 0.556. The summed E-state index contributed by atoms with van der Waals surface area (Å²) in [6, 6.07) is 3.66. The van der Waals surface area contributed by atoms with Gasteiger partial charge >= 0.3 is 0 Å². The quantitative estimate of drug-likeness (QED) is 0.801. The number of furan rings is 1. The van der Waals surface area contributed by atoms with Gasteiger partial charge in [-0.25, -0.2) is 4.98 Å². The fourth-order valence-corrected chi connectivity index (χ4v) is 3.61. The van der Waals surface area contributed by atoms with Crippen molar-refractivity contribution in [2.45, 2.75) is 38.0 Å². The highest BCUT2D eigenvalue weighted by Gasteiger charge is 2.18. The number of carbonyl (C=O) groups is 1. The second-order valence-electron chi connectivity index (χ2n) is 6.70. The number of aromatic nitrogens is 2. The summed E-state index contributed by atoms with van der Waals surface area (Å²) in [5, 5.41) is 3.83. The molecule has 0 atom stereocenters. The summed E-state index contributed by atoms with van der Waals surface area (Å²) in [7, 11) is 1.95. The first-order valence-electron chi connectivity index (χ1n) is 8.70. The second kappa shape index (κ2) is 8.10. The largest absolute Gasteiger partial charge is 0.455 e. The first kappa shape index (κ1) is 18.1. The lowest BCUT2D eigenvalue weighted by Crippen LogP contribution is -2.32. The van der Waals surface area contributed by atoms with Gasteiger partial charge < -0.3 is 14.3 Å². The van der Waals surface area contributed by atoms with Gasteiger partial charge in [-0.2, -0.15) is 0 Å². The molecule has 7 heteroatoms. The van der Waals surface area contributed by atoms with Crippen LogP contribution in [-0.4, -0.2) is 39.7 Å². The highest BCUT2D eigenvalue weighted by Crippen LogP contribution is 2.19. The maximum absolute atomic E-state index is 12.3. The predicted octanol–water partition coefficient (Wildman–Crippen LogP) is 2.90. The molecule has 1 amide bonds. The minimum absolute atomic E-state index is 0.189. The van der Waals surface area contributed by atoms with Crippen molar-refractivity contribution in [1.82, 2.24) is 19.8 Å². The van der Waals surface area contributed by atoms with Gasteiger partial charge in [-0.3, -0.25) is 9.69 Å². The van der Waals surface area contributed by atoms with E-state index in [9.17, 15) is 4.79 Å². The molecule has 6 nitrogen and oxygen atoms in total. The Hall–Kier alpha value is -1.73. The van der Waals surface area contributed by atoms with Crippen LogP contribution in [0.3, 0.4) is 0 Å². The van der Waals surface area contributed by atoms with E-state index in [4.69, 9.17) is 4.42 Å². The van der Waals surface area contributed by atoms with Crippen molar-refractivity contribution in [3.05, 3.63) is 35.5 Å². The maximum atomic E-state index is 12.3. The van der Waals surface area contributed by atoms with E-state index in [1.165, 1.54) is 12.8 Å². The Balaban J connectivity index is 1.52. The Morgan fingerprint density at radius 1 is 1.40 bits per heavy atom. The van der Waals surface area contributed by atoms with Gasteiger partial charge in [-0.05, 0) is 50.2 Å². The number of hydrogen-bond donors (Lipinski definition) is 1. The summed E-state index contributed by atoms with van der Waals surface area (Å²) >= 11 is 1.58. The summed E-state index contributed by atoms with van der Waals surface area (Å²) in [6.45, 7) is 5.71. The Kier molecular flexibility index (Phi) is 5.86. The number of piperidine rings is 1.